The highest BCUT2D eigenvalue weighted by atomic mass is 79.9. The maximum absolute atomic E-state index is 11.5. The Kier molecular flexibility index (Phi) is 6.52. The van der Waals surface area contributed by atoms with Gasteiger partial charge in [-0.3, -0.25) is 9.59 Å². The summed E-state index contributed by atoms with van der Waals surface area (Å²) in [6, 6.07) is 6.73. The van der Waals surface area contributed by atoms with Crippen molar-refractivity contribution in [3.63, 3.8) is 0 Å². The average molecular weight is 329 g/mol. The molecule has 3 N–H and O–H groups in total. The number of nitrogens with two attached hydrogens (primary N) is 1. The van der Waals surface area contributed by atoms with Crippen molar-refractivity contribution in [2.24, 2.45) is 5.73 Å². The van der Waals surface area contributed by atoms with E-state index in [-0.39, 0.29) is 12.5 Å². The zero-order chi connectivity index (χ0) is 14.3. The van der Waals surface area contributed by atoms with Gasteiger partial charge in [0, 0.05) is 17.5 Å². The Balaban J connectivity index is 2.66. The number of hydrogen-bond donors (Lipinski definition) is 2. The Hall–Kier alpha value is -1.40. The SMILES string of the molecule is CCOCC(=O)N[C@H](Cc1ccccc1Br)C(N)=O. The molecule has 0 spiro atoms. The summed E-state index contributed by atoms with van der Waals surface area (Å²) in [6.45, 7) is 2.16. The maximum atomic E-state index is 11.5. The predicted octanol–water partition coefficient (Wildman–Crippen LogP) is 0.998. The molecular weight excluding hydrogens is 312 g/mol. The van der Waals surface area contributed by atoms with Crippen LogP contribution in [0.15, 0.2) is 28.7 Å². The van der Waals surface area contributed by atoms with Crippen LogP contribution < -0.4 is 11.1 Å². The third-order valence-corrected chi connectivity index (χ3v) is 3.27. The Morgan fingerprint density at radius 2 is 2.11 bits per heavy atom. The minimum absolute atomic E-state index is 0.0732. The van der Waals surface area contributed by atoms with Crippen LogP contribution in [0, 0.1) is 0 Å². The zero-order valence-corrected chi connectivity index (χ0v) is 12.3. The maximum Gasteiger partial charge on any atom is 0.246 e. The lowest BCUT2D eigenvalue weighted by Gasteiger charge is -2.16. The third kappa shape index (κ3) is 5.40. The minimum Gasteiger partial charge on any atom is -0.372 e. The monoisotopic (exact) mass is 328 g/mol. The first-order valence-electron chi connectivity index (χ1n) is 5.94. The average Bonchev–Trinajstić information content (AvgIpc) is 2.38. The van der Waals surface area contributed by atoms with E-state index in [1.54, 1.807) is 6.92 Å². The molecule has 0 bridgehead atoms. The third-order valence-electron chi connectivity index (χ3n) is 2.50. The molecule has 1 aromatic rings. The van der Waals surface area contributed by atoms with Gasteiger partial charge >= 0.3 is 0 Å². The largest absolute Gasteiger partial charge is 0.372 e. The van der Waals surface area contributed by atoms with Gasteiger partial charge in [0.05, 0.1) is 0 Å². The van der Waals surface area contributed by atoms with Gasteiger partial charge in [-0.1, -0.05) is 34.1 Å². The fraction of sp³-hybridized carbons (Fsp3) is 0.385. The molecule has 1 rings (SSSR count). The predicted molar refractivity (Wildman–Crippen MR) is 75.5 cm³/mol. The van der Waals surface area contributed by atoms with Crippen molar-refractivity contribution in [2.45, 2.75) is 19.4 Å². The van der Waals surface area contributed by atoms with Crippen molar-refractivity contribution in [1.82, 2.24) is 5.32 Å². The van der Waals surface area contributed by atoms with E-state index in [4.69, 9.17) is 10.5 Å². The highest BCUT2D eigenvalue weighted by Gasteiger charge is 2.19. The minimum atomic E-state index is -0.744. The molecule has 0 aromatic heterocycles. The van der Waals surface area contributed by atoms with Gasteiger partial charge in [0.15, 0.2) is 0 Å². The lowest BCUT2D eigenvalue weighted by molar-refractivity contribution is -0.130. The summed E-state index contributed by atoms with van der Waals surface area (Å²) in [7, 11) is 0. The summed E-state index contributed by atoms with van der Waals surface area (Å²) in [5.74, 6) is -0.918. The lowest BCUT2D eigenvalue weighted by atomic mass is 10.1. The fourth-order valence-corrected chi connectivity index (χ4v) is 1.98. The van der Waals surface area contributed by atoms with Crippen LogP contribution in [0.2, 0.25) is 0 Å². The number of primary amides is 1. The van der Waals surface area contributed by atoms with Crippen molar-refractivity contribution >= 4 is 27.7 Å². The first-order chi connectivity index (χ1) is 9.04. The molecule has 0 aliphatic carbocycles. The van der Waals surface area contributed by atoms with Crippen molar-refractivity contribution in [3.8, 4) is 0 Å². The Bertz CT molecular complexity index is 451. The summed E-state index contributed by atoms with van der Waals surface area (Å²) in [5, 5.41) is 2.57. The quantitative estimate of drug-likeness (QED) is 0.783. The summed E-state index contributed by atoms with van der Waals surface area (Å²) in [6.07, 6.45) is 0.342. The van der Waals surface area contributed by atoms with Crippen molar-refractivity contribution in [2.75, 3.05) is 13.2 Å². The Morgan fingerprint density at radius 3 is 2.68 bits per heavy atom. The summed E-state index contributed by atoms with van der Waals surface area (Å²) >= 11 is 3.39. The standard InChI is InChI=1S/C13H17BrN2O3/c1-2-19-8-12(17)16-11(13(15)18)7-9-5-3-4-6-10(9)14/h3-6,11H,2,7-8H2,1H3,(H2,15,18)(H,16,17)/t11-/m1/s1. The van der Waals surface area contributed by atoms with Crippen LogP contribution in [0.1, 0.15) is 12.5 Å². The van der Waals surface area contributed by atoms with E-state index >= 15 is 0 Å². The molecule has 104 valence electrons. The van der Waals surface area contributed by atoms with Gasteiger partial charge in [0.1, 0.15) is 12.6 Å². The van der Waals surface area contributed by atoms with Crippen LogP contribution in [-0.4, -0.2) is 31.1 Å². The van der Waals surface area contributed by atoms with Gasteiger partial charge in [0.2, 0.25) is 11.8 Å². The molecule has 2 amide bonds. The van der Waals surface area contributed by atoms with E-state index in [0.29, 0.717) is 13.0 Å². The van der Waals surface area contributed by atoms with Gasteiger partial charge < -0.3 is 15.8 Å². The molecule has 6 heteroatoms. The lowest BCUT2D eigenvalue weighted by Crippen LogP contribution is -2.47. The normalized spacial score (nSPS) is 11.9. The van der Waals surface area contributed by atoms with Crippen LogP contribution in [0.3, 0.4) is 0 Å². The van der Waals surface area contributed by atoms with Gasteiger partial charge in [-0.05, 0) is 18.6 Å². The summed E-state index contributed by atoms with van der Waals surface area (Å²) < 4.78 is 5.85. The first-order valence-corrected chi connectivity index (χ1v) is 6.73. The van der Waals surface area contributed by atoms with Crippen LogP contribution in [0.4, 0.5) is 0 Å². The van der Waals surface area contributed by atoms with Crippen molar-refractivity contribution in [3.05, 3.63) is 34.3 Å². The molecule has 0 radical (unpaired) electrons. The smallest absolute Gasteiger partial charge is 0.246 e. The van der Waals surface area contributed by atoms with Gasteiger partial charge in [-0.2, -0.15) is 0 Å². The number of rotatable bonds is 7. The second-order valence-corrected chi connectivity index (χ2v) is 4.81. The molecule has 19 heavy (non-hydrogen) atoms. The van der Waals surface area contributed by atoms with E-state index in [0.717, 1.165) is 10.0 Å². The molecule has 0 unspecified atom stereocenters. The van der Waals surface area contributed by atoms with Crippen LogP contribution in [-0.2, 0) is 20.7 Å². The molecule has 0 saturated heterocycles. The van der Waals surface area contributed by atoms with Crippen molar-refractivity contribution < 1.29 is 14.3 Å². The number of hydrogen-bond acceptors (Lipinski definition) is 3. The zero-order valence-electron chi connectivity index (χ0n) is 10.7. The highest BCUT2D eigenvalue weighted by Crippen LogP contribution is 2.17. The van der Waals surface area contributed by atoms with Crippen LogP contribution in [0.5, 0.6) is 0 Å². The number of halogens is 1. The summed E-state index contributed by atoms with van der Waals surface area (Å²) in [4.78, 5) is 22.9. The molecule has 1 aromatic carbocycles. The molecule has 0 aliphatic rings. The second-order valence-electron chi connectivity index (χ2n) is 3.96. The topological polar surface area (TPSA) is 81.4 Å². The molecule has 0 aliphatic heterocycles. The van der Waals surface area contributed by atoms with Gasteiger partial charge in [0.25, 0.3) is 0 Å². The molecule has 0 saturated carbocycles. The molecule has 0 fully saturated rings. The number of nitrogens with one attached hydrogen (secondary N) is 1. The van der Waals surface area contributed by atoms with Gasteiger partial charge in [-0.25, -0.2) is 0 Å². The van der Waals surface area contributed by atoms with E-state index in [1.807, 2.05) is 24.3 Å². The fourth-order valence-electron chi connectivity index (χ4n) is 1.54. The van der Waals surface area contributed by atoms with Crippen LogP contribution in [0.25, 0.3) is 0 Å². The molecular formula is C13H17BrN2O3. The van der Waals surface area contributed by atoms with E-state index in [1.165, 1.54) is 0 Å². The van der Waals surface area contributed by atoms with Crippen molar-refractivity contribution in [1.29, 1.82) is 0 Å². The molecule has 5 nitrogen and oxygen atoms in total. The Morgan fingerprint density at radius 1 is 1.42 bits per heavy atom. The van der Waals surface area contributed by atoms with Gasteiger partial charge in [-0.15, -0.1) is 0 Å². The Labute approximate surface area is 120 Å². The van der Waals surface area contributed by atoms with E-state index < -0.39 is 11.9 Å². The number of carbonyl (C=O) groups is 2. The number of benzene rings is 1. The molecule has 0 heterocycles. The van der Waals surface area contributed by atoms with Crippen LogP contribution >= 0.6 is 15.9 Å². The summed E-state index contributed by atoms with van der Waals surface area (Å²) in [5.41, 5.74) is 6.21. The number of ether oxygens (including phenoxy) is 1. The number of carbonyl (C=O) groups excluding carboxylic acids is 2. The van der Waals surface area contributed by atoms with E-state index in [9.17, 15) is 9.59 Å². The number of amides is 2. The van der Waals surface area contributed by atoms with E-state index in [2.05, 4.69) is 21.2 Å². The first kappa shape index (κ1) is 15.7. The second kappa shape index (κ2) is 7.91. The highest BCUT2D eigenvalue weighted by molar-refractivity contribution is 9.10. The molecule has 1 atom stereocenters.